The van der Waals surface area contributed by atoms with Gasteiger partial charge in [-0.15, -0.1) is 0 Å². The number of imidazole rings is 1. The van der Waals surface area contributed by atoms with E-state index in [9.17, 15) is 13.2 Å². The van der Waals surface area contributed by atoms with Crippen LogP contribution in [0.25, 0.3) is 0 Å². The van der Waals surface area contributed by atoms with E-state index in [1.807, 2.05) is 35.2 Å². The molecule has 0 saturated carbocycles. The quantitative estimate of drug-likeness (QED) is 0.943. The van der Waals surface area contributed by atoms with Crippen LogP contribution in [0, 0.1) is 5.92 Å². The van der Waals surface area contributed by atoms with E-state index in [4.69, 9.17) is 0 Å². The molecule has 1 aliphatic rings. The Morgan fingerprint density at radius 1 is 1.19 bits per heavy atom. The lowest BCUT2D eigenvalue weighted by atomic mass is 9.95. The third-order valence-corrected chi connectivity index (χ3v) is 3.94. The van der Waals surface area contributed by atoms with Crippen molar-refractivity contribution in [1.29, 1.82) is 0 Å². The molecule has 0 radical (unpaired) electrons. The third kappa shape index (κ3) is 3.10. The Morgan fingerprint density at radius 2 is 1.95 bits per heavy atom. The third-order valence-electron chi connectivity index (χ3n) is 3.94. The molecule has 1 saturated heterocycles. The Hall–Kier alpha value is -1.82. The van der Waals surface area contributed by atoms with E-state index in [1.165, 1.54) is 6.20 Å². The van der Waals surface area contributed by atoms with Gasteiger partial charge in [-0.25, -0.2) is 4.98 Å². The number of nitrogens with zero attached hydrogens (tertiary/aromatic N) is 2. The standard InChI is InChI=1S/C15H16F3N3/c16-15(17,18)13-10-21(8-11-4-2-1-3-5-11)9-12(13)14-19-6-7-20-14/h1-7,12-13H,8-10H2,(H,19,20). The largest absolute Gasteiger partial charge is 0.393 e. The summed E-state index contributed by atoms with van der Waals surface area (Å²) in [5, 5.41) is 0. The maximum atomic E-state index is 13.2. The SMILES string of the molecule is FC(F)(F)C1CN(Cc2ccccc2)CC1c1ncc[nH]1. The van der Waals surface area contributed by atoms with Crippen molar-refractivity contribution in [2.24, 2.45) is 5.92 Å². The molecule has 0 bridgehead atoms. The van der Waals surface area contributed by atoms with Crippen LogP contribution in [0.3, 0.4) is 0 Å². The number of hydrogen-bond acceptors (Lipinski definition) is 2. The molecule has 1 fully saturated rings. The van der Waals surface area contributed by atoms with Crippen molar-refractivity contribution >= 4 is 0 Å². The number of rotatable bonds is 3. The Kier molecular flexibility index (Phi) is 3.71. The molecule has 1 aromatic carbocycles. The van der Waals surface area contributed by atoms with Gasteiger partial charge in [-0.05, 0) is 5.56 Å². The number of benzene rings is 1. The number of aromatic nitrogens is 2. The molecule has 21 heavy (non-hydrogen) atoms. The first kappa shape index (κ1) is 14.1. The second-order valence-corrected chi connectivity index (χ2v) is 5.41. The molecule has 1 N–H and O–H groups in total. The first-order valence-corrected chi connectivity index (χ1v) is 6.86. The van der Waals surface area contributed by atoms with Gasteiger partial charge in [0.05, 0.1) is 5.92 Å². The van der Waals surface area contributed by atoms with Gasteiger partial charge >= 0.3 is 6.18 Å². The van der Waals surface area contributed by atoms with Crippen molar-refractivity contribution in [2.75, 3.05) is 13.1 Å². The topological polar surface area (TPSA) is 31.9 Å². The number of aromatic amines is 1. The van der Waals surface area contributed by atoms with Gasteiger partial charge in [0.1, 0.15) is 5.82 Å². The van der Waals surface area contributed by atoms with Crippen molar-refractivity contribution in [1.82, 2.24) is 14.9 Å². The van der Waals surface area contributed by atoms with Crippen LogP contribution in [0.2, 0.25) is 0 Å². The highest BCUT2D eigenvalue weighted by Crippen LogP contribution is 2.42. The summed E-state index contributed by atoms with van der Waals surface area (Å²) in [5.74, 6) is -1.57. The Morgan fingerprint density at radius 3 is 2.57 bits per heavy atom. The van der Waals surface area contributed by atoms with Crippen LogP contribution >= 0.6 is 0 Å². The summed E-state index contributed by atoms with van der Waals surface area (Å²) in [6, 6.07) is 9.57. The number of alkyl halides is 3. The second kappa shape index (κ2) is 5.52. The lowest BCUT2D eigenvalue weighted by Crippen LogP contribution is -2.29. The molecular formula is C15H16F3N3. The molecule has 2 atom stereocenters. The molecule has 1 aromatic heterocycles. The fraction of sp³-hybridized carbons (Fsp3) is 0.400. The molecule has 112 valence electrons. The maximum absolute atomic E-state index is 13.2. The number of halogens is 3. The molecular weight excluding hydrogens is 279 g/mol. The van der Waals surface area contributed by atoms with E-state index in [-0.39, 0.29) is 6.54 Å². The minimum atomic E-state index is -4.21. The van der Waals surface area contributed by atoms with Crippen LogP contribution in [0.1, 0.15) is 17.3 Å². The van der Waals surface area contributed by atoms with E-state index in [0.717, 1.165) is 5.56 Å². The zero-order valence-corrected chi connectivity index (χ0v) is 11.3. The fourth-order valence-electron chi connectivity index (χ4n) is 2.95. The molecule has 2 aromatic rings. The molecule has 6 heteroatoms. The summed E-state index contributed by atoms with van der Waals surface area (Å²) in [6.45, 7) is 0.918. The van der Waals surface area contributed by atoms with Gasteiger partial charge in [-0.2, -0.15) is 13.2 Å². The number of hydrogen-bond donors (Lipinski definition) is 1. The zero-order chi connectivity index (χ0) is 14.9. The number of H-pyrrole nitrogens is 1. The van der Waals surface area contributed by atoms with Gasteiger partial charge < -0.3 is 4.98 Å². The number of nitrogens with one attached hydrogen (secondary N) is 1. The van der Waals surface area contributed by atoms with Gasteiger partial charge in [-0.1, -0.05) is 30.3 Å². The van der Waals surface area contributed by atoms with E-state index >= 15 is 0 Å². The molecule has 3 rings (SSSR count). The summed E-state index contributed by atoms with van der Waals surface area (Å²) in [7, 11) is 0. The normalized spacial score (nSPS) is 23.6. The minimum Gasteiger partial charge on any atom is -0.348 e. The lowest BCUT2D eigenvalue weighted by Gasteiger charge is -2.19. The van der Waals surface area contributed by atoms with Crippen LogP contribution in [0.4, 0.5) is 13.2 Å². The zero-order valence-electron chi connectivity index (χ0n) is 11.3. The molecule has 1 aliphatic heterocycles. The fourth-order valence-corrected chi connectivity index (χ4v) is 2.95. The van der Waals surface area contributed by atoms with Crippen LogP contribution in [0.15, 0.2) is 42.7 Å². The van der Waals surface area contributed by atoms with Crippen LogP contribution in [0.5, 0.6) is 0 Å². The Bertz CT molecular complexity index is 566. The Labute approximate surface area is 120 Å². The highest BCUT2D eigenvalue weighted by molar-refractivity contribution is 5.16. The first-order valence-electron chi connectivity index (χ1n) is 6.86. The smallest absolute Gasteiger partial charge is 0.348 e. The van der Waals surface area contributed by atoms with E-state index < -0.39 is 18.0 Å². The maximum Gasteiger partial charge on any atom is 0.393 e. The van der Waals surface area contributed by atoms with Crippen LogP contribution in [-0.2, 0) is 6.54 Å². The van der Waals surface area contributed by atoms with Crippen molar-refractivity contribution < 1.29 is 13.2 Å². The molecule has 0 aliphatic carbocycles. The number of likely N-dealkylation sites (tertiary alicyclic amines) is 1. The van der Waals surface area contributed by atoms with Crippen molar-refractivity contribution in [3.8, 4) is 0 Å². The minimum absolute atomic E-state index is 0.0176. The first-order chi connectivity index (χ1) is 10.0. The second-order valence-electron chi connectivity index (χ2n) is 5.41. The molecule has 3 nitrogen and oxygen atoms in total. The van der Waals surface area contributed by atoms with Crippen molar-refractivity contribution in [3.05, 3.63) is 54.1 Å². The average molecular weight is 295 g/mol. The van der Waals surface area contributed by atoms with Gasteiger partial charge in [0.25, 0.3) is 0 Å². The summed E-state index contributed by atoms with van der Waals surface area (Å²) >= 11 is 0. The van der Waals surface area contributed by atoms with Crippen LogP contribution < -0.4 is 0 Å². The summed E-state index contributed by atoms with van der Waals surface area (Å²) in [5.41, 5.74) is 1.03. The van der Waals surface area contributed by atoms with Gasteiger partial charge in [-0.3, -0.25) is 4.90 Å². The van der Waals surface area contributed by atoms with E-state index in [2.05, 4.69) is 9.97 Å². The lowest BCUT2D eigenvalue weighted by molar-refractivity contribution is -0.174. The van der Waals surface area contributed by atoms with E-state index in [1.54, 1.807) is 6.20 Å². The predicted molar refractivity (Wildman–Crippen MR) is 72.6 cm³/mol. The molecule has 2 heterocycles. The monoisotopic (exact) mass is 295 g/mol. The van der Waals surface area contributed by atoms with Crippen LogP contribution in [-0.4, -0.2) is 34.1 Å². The highest BCUT2D eigenvalue weighted by Gasteiger charge is 2.50. The predicted octanol–water partition coefficient (Wildman–Crippen LogP) is 3.19. The molecule has 2 unspecified atom stereocenters. The van der Waals surface area contributed by atoms with Crippen molar-refractivity contribution in [2.45, 2.75) is 18.6 Å². The average Bonchev–Trinajstić information content (AvgIpc) is 3.07. The van der Waals surface area contributed by atoms with Gasteiger partial charge in [0.2, 0.25) is 0 Å². The summed E-state index contributed by atoms with van der Waals surface area (Å²) < 4.78 is 39.7. The highest BCUT2D eigenvalue weighted by atomic mass is 19.4. The summed E-state index contributed by atoms with van der Waals surface area (Å²) in [4.78, 5) is 8.70. The van der Waals surface area contributed by atoms with Gasteiger partial charge in [0, 0.05) is 37.9 Å². The molecule has 0 amide bonds. The Balaban J connectivity index is 1.78. The van der Waals surface area contributed by atoms with Crippen molar-refractivity contribution in [3.63, 3.8) is 0 Å². The molecule has 0 spiro atoms. The van der Waals surface area contributed by atoms with Gasteiger partial charge in [0.15, 0.2) is 0 Å². The van der Waals surface area contributed by atoms with E-state index in [0.29, 0.717) is 18.9 Å². The summed E-state index contributed by atoms with van der Waals surface area (Å²) in [6.07, 6.45) is -1.13.